The van der Waals surface area contributed by atoms with E-state index >= 15 is 0 Å². The summed E-state index contributed by atoms with van der Waals surface area (Å²) in [7, 11) is 0. The molecule has 2 N–H and O–H groups in total. The fourth-order valence-corrected chi connectivity index (χ4v) is 2.19. The van der Waals surface area contributed by atoms with Gasteiger partial charge in [-0.1, -0.05) is 26.0 Å². The molecule has 88 valence electrons. The molecule has 16 heavy (non-hydrogen) atoms. The van der Waals surface area contributed by atoms with Crippen LogP contribution in [0.4, 0.5) is 5.69 Å². The van der Waals surface area contributed by atoms with E-state index in [0.29, 0.717) is 0 Å². The van der Waals surface area contributed by atoms with Gasteiger partial charge in [-0.15, -0.1) is 0 Å². The Hall–Kier alpha value is -1.02. The molecule has 0 radical (unpaired) electrons. The number of hydrogen-bond donors (Lipinski definition) is 1. The van der Waals surface area contributed by atoms with Gasteiger partial charge in [0.2, 0.25) is 0 Å². The van der Waals surface area contributed by atoms with Crippen molar-refractivity contribution in [1.82, 2.24) is 0 Å². The van der Waals surface area contributed by atoms with E-state index in [1.807, 2.05) is 0 Å². The Morgan fingerprint density at radius 1 is 1.25 bits per heavy atom. The van der Waals surface area contributed by atoms with E-state index < -0.39 is 0 Å². The zero-order valence-corrected chi connectivity index (χ0v) is 10.3. The molecule has 2 rings (SSSR count). The third kappa shape index (κ3) is 2.38. The van der Waals surface area contributed by atoms with Crippen LogP contribution in [-0.2, 0) is 6.42 Å². The average molecular weight is 218 g/mol. The number of nitrogens with two attached hydrogens (primary N) is 1. The predicted molar refractivity (Wildman–Crippen MR) is 69.7 cm³/mol. The van der Waals surface area contributed by atoms with Crippen LogP contribution in [0.3, 0.4) is 0 Å². The molecule has 0 spiro atoms. The summed E-state index contributed by atoms with van der Waals surface area (Å²) < 4.78 is 0. The molecule has 1 saturated heterocycles. The summed E-state index contributed by atoms with van der Waals surface area (Å²) in [5.41, 5.74) is 8.24. The van der Waals surface area contributed by atoms with Crippen molar-refractivity contribution in [2.24, 2.45) is 17.6 Å². The largest absolute Gasteiger partial charge is 0.371 e. The smallest absolute Gasteiger partial charge is 0.0366 e. The fourth-order valence-electron chi connectivity index (χ4n) is 2.19. The third-order valence-electron chi connectivity index (χ3n) is 3.59. The molecule has 0 aromatic heterocycles. The van der Waals surface area contributed by atoms with Crippen molar-refractivity contribution in [2.75, 3.05) is 24.5 Å². The Bertz CT molecular complexity index is 323. The molecule has 0 unspecified atom stereocenters. The maximum Gasteiger partial charge on any atom is 0.0366 e. The van der Waals surface area contributed by atoms with Crippen LogP contribution in [0.1, 0.15) is 19.4 Å². The standard InChI is InChI=1S/C14H22N2/c1-11(2)13-9-16(10-13)14-5-3-12(4-6-14)7-8-15/h3-6,11,13H,7-10,15H2,1-2H3. The van der Waals surface area contributed by atoms with Crippen molar-refractivity contribution < 1.29 is 0 Å². The van der Waals surface area contributed by atoms with E-state index in [0.717, 1.165) is 24.8 Å². The molecule has 0 aliphatic carbocycles. The second kappa shape index (κ2) is 4.88. The van der Waals surface area contributed by atoms with Gasteiger partial charge in [0.1, 0.15) is 0 Å². The minimum atomic E-state index is 0.735. The Labute approximate surface area is 98.4 Å². The molecule has 1 heterocycles. The lowest BCUT2D eigenvalue weighted by molar-refractivity contribution is 0.310. The highest BCUT2D eigenvalue weighted by Crippen LogP contribution is 2.29. The number of nitrogens with zero attached hydrogens (tertiary/aromatic N) is 1. The lowest BCUT2D eigenvalue weighted by Crippen LogP contribution is -2.49. The van der Waals surface area contributed by atoms with Gasteiger partial charge in [0.05, 0.1) is 0 Å². The van der Waals surface area contributed by atoms with Crippen LogP contribution in [0.25, 0.3) is 0 Å². The molecule has 2 heteroatoms. The zero-order valence-electron chi connectivity index (χ0n) is 10.3. The highest BCUT2D eigenvalue weighted by Gasteiger charge is 2.28. The third-order valence-corrected chi connectivity index (χ3v) is 3.59. The minimum absolute atomic E-state index is 0.735. The number of hydrogen-bond acceptors (Lipinski definition) is 2. The highest BCUT2D eigenvalue weighted by atomic mass is 15.2. The van der Waals surface area contributed by atoms with E-state index in [-0.39, 0.29) is 0 Å². The first kappa shape index (κ1) is 11.5. The van der Waals surface area contributed by atoms with Crippen LogP contribution in [0.5, 0.6) is 0 Å². The lowest BCUT2D eigenvalue weighted by Gasteiger charge is -2.43. The molecule has 1 aliphatic rings. The second-order valence-corrected chi connectivity index (χ2v) is 5.11. The maximum absolute atomic E-state index is 5.54. The van der Waals surface area contributed by atoms with Gasteiger partial charge in [0.25, 0.3) is 0 Å². The molecule has 1 fully saturated rings. The van der Waals surface area contributed by atoms with Gasteiger partial charge >= 0.3 is 0 Å². The molecule has 1 aromatic rings. The van der Waals surface area contributed by atoms with Crippen LogP contribution in [0.15, 0.2) is 24.3 Å². The van der Waals surface area contributed by atoms with E-state index in [1.54, 1.807) is 0 Å². The molecule has 0 atom stereocenters. The predicted octanol–water partition coefficient (Wildman–Crippen LogP) is 2.28. The number of anilines is 1. The van der Waals surface area contributed by atoms with Crippen molar-refractivity contribution in [3.8, 4) is 0 Å². The van der Waals surface area contributed by atoms with Crippen LogP contribution in [-0.4, -0.2) is 19.6 Å². The Balaban J connectivity index is 1.92. The van der Waals surface area contributed by atoms with Crippen LogP contribution >= 0.6 is 0 Å². The average Bonchev–Trinajstić information content (AvgIpc) is 2.18. The number of benzene rings is 1. The second-order valence-electron chi connectivity index (χ2n) is 5.11. The van der Waals surface area contributed by atoms with Gasteiger partial charge < -0.3 is 10.6 Å². The number of rotatable bonds is 4. The van der Waals surface area contributed by atoms with E-state index in [2.05, 4.69) is 43.0 Å². The van der Waals surface area contributed by atoms with E-state index in [1.165, 1.54) is 24.3 Å². The van der Waals surface area contributed by atoms with Crippen LogP contribution < -0.4 is 10.6 Å². The van der Waals surface area contributed by atoms with E-state index in [4.69, 9.17) is 5.73 Å². The molecule has 0 saturated carbocycles. The van der Waals surface area contributed by atoms with Crippen molar-refractivity contribution in [3.63, 3.8) is 0 Å². The summed E-state index contributed by atoms with van der Waals surface area (Å²) >= 11 is 0. The topological polar surface area (TPSA) is 29.3 Å². The molecule has 1 aromatic carbocycles. The Morgan fingerprint density at radius 3 is 2.38 bits per heavy atom. The van der Waals surface area contributed by atoms with Gasteiger partial charge in [-0.3, -0.25) is 0 Å². The summed E-state index contributed by atoms with van der Waals surface area (Å²) in [6.45, 7) is 7.79. The first-order chi connectivity index (χ1) is 7.70. The molecular weight excluding hydrogens is 196 g/mol. The maximum atomic E-state index is 5.54. The van der Waals surface area contributed by atoms with Crippen LogP contribution in [0, 0.1) is 11.8 Å². The van der Waals surface area contributed by atoms with E-state index in [9.17, 15) is 0 Å². The minimum Gasteiger partial charge on any atom is -0.371 e. The monoisotopic (exact) mass is 218 g/mol. The fraction of sp³-hybridized carbons (Fsp3) is 0.571. The summed E-state index contributed by atoms with van der Waals surface area (Å²) in [6.07, 6.45) is 0.981. The summed E-state index contributed by atoms with van der Waals surface area (Å²) in [4.78, 5) is 2.46. The van der Waals surface area contributed by atoms with Crippen molar-refractivity contribution in [2.45, 2.75) is 20.3 Å². The molecular formula is C14H22N2. The quantitative estimate of drug-likeness (QED) is 0.840. The van der Waals surface area contributed by atoms with Gasteiger partial charge in [0, 0.05) is 18.8 Å². The summed E-state index contributed by atoms with van der Waals surface area (Å²) in [5, 5.41) is 0. The SMILES string of the molecule is CC(C)C1CN(c2ccc(CCN)cc2)C1. The van der Waals surface area contributed by atoms with Crippen molar-refractivity contribution in [3.05, 3.63) is 29.8 Å². The van der Waals surface area contributed by atoms with Crippen molar-refractivity contribution in [1.29, 1.82) is 0 Å². The van der Waals surface area contributed by atoms with Gasteiger partial charge in [0.15, 0.2) is 0 Å². The van der Waals surface area contributed by atoms with Crippen molar-refractivity contribution >= 4 is 5.69 Å². The van der Waals surface area contributed by atoms with Gasteiger partial charge in [-0.2, -0.15) is 0 Å². The van der Waals surface area contributed by atoms with Gasteiger partial charge in [-0.25, -0.2) is 0 Å². The zero-order chi connectivity index (χ0) is 11.5. The van der Waals surface area contributed by atoms with Crippen LogP contribution in [0.2, 0.25) is 0 Å². The summed E-state index contributed by atoms with van der Waals surface area (Å²) in [5.74, 6) is 1.69. The van der Waals surface area contributed by atoms with Gasteiger partial charge in [-0.05, 0) is 42.5 Å². The molecule has 1 aliphatic heterocycles. The highest BCUT2D eigenvalue weighted by molar-refractivity contribution is 5.50. The molecule has 2 nitrogen and oxygen atoms in total. The summed E-state index contributed by atoms with van der Waals surface area (Å²) in [6, 6.07) is 8.85. The Morgan fingerprint density at radius 2 is 1.88 bits per heavy atom. The first-order valence-electron chi connectivity index (χ1n) is 6.24. The Kier molecular flexibility index (Phi) is 3.49. The first-order valence-corrected chi connectivity index (χ1v) is 6.24. The molecule has 0 bridgehead atoms. The normalized spacial score (nSPS) is 16.6. The molecule has 0 amide bonds. The lowest BCUT2D eigenvalue weighted by atomic mass is 9.88.